The summed E-state index contributed by atoms with van der Waals surface area (Å²) in [7, 11) is -2.35. The molecular formula is C25H33F3N5O10P. The first-order chi connectivity index (χ1) is 20.4. The Labute approximate surface area is 249 Å². The van der Waals surface area contributed by atoms with Gasteiger partial charge in [-0.2, -0.15) is 18.2 Å². The highest BCUT2D eigenvalue weighted by molar-refractivity contribution is 7.54. The molecule has 0 spiro atoms. The summed E-state index contributed by atoms with van der Waals surface area (Å²) in [5, 5.41) is 9.75. The first kappa shape index (κ1) is 36.2. The molecule has 1 amide bonds. The highest BCUT2D eigenvalue weighted by Gasteiger charge is 2.38. The molecule has 1 aliphatic rings. The minimum absolute atomic E-state index is 0.0504. The summed E-state index contributed by atoms with van der Waals surface area (Å²) in [6.07, 6.45) is -4.26. The Morgan fingerprint density at radius 3 is 2.32 bits per heavy atom. The van der Waals surface area contributed by atoms with Gasteiger partial charge in [0.1, 0.15) is 23.7 Å². The van der Waals surface area contributed by atoms with Crippen LogP contribution in [-0.2, 0) is 45.9 Å². The molecule has 15 nitrogen and oxygen atoms in total. The largest absolute Gasteiger partial charge is 0.490 e. The second-order valence-corrected chi connectivity index (χ2v) is 11.6. The van der Waals surface area contributed by atoms with Gasteiger partial charge in [-0.3, -0.25) is 13.9 Å². The third-order valence-electron chi connectivity index (χ3n) is 5.89. The molecule has 4 atom stereocenters. The number of methoxy groups -OCH3 is 1. The zero-order valence-corrected chi connectivity index (χ0v) is 24.7. The van der Waals surface area contributed by atoms with Gasteiger partial charge < -0.3 is 35.9 Å². The van der Waals surface area contributed by atoms with E-state index in [0.29, 0.717) is 5.56 Å². The van der Waals surface area contributed by atoms with Crippen molar-refractivity contribution in [2.45, 2.75) is 51.2 Å². The van der Waals surface area contributed by atoms with Crippen LogP contribution in [-0.4, -0.2) is 76.9 Å². The van der Waals surface area contributed by atoms with Crippen molar-refractivity contribution in [1.82, 2.24) is 14.9 Å². The lowest BCUT2D eigenvalue weighted by Gasteiger charge is -2.29. The number of aromatic nitrogens is 2. The SMILES string of the molecule is COC(=O)[C@H](Cc1ccc(OP2(=O)CO[C@@H](Cn3ccc(N)nc3=O)CO2)cc1)NC(=O)[C@@H](N)C(C)C.O=C(O)C(F)(F)F. The van der Waals surface area contributed by atoms with Gasteiger partial charge in [-0.25, -0.2) is 18.9 Å². The Balaban J connectivity index is 0.000000860. The van der Waals surface area contributed by atoms with Crippen LogP contribution in [0.1, 0.15) is 19.4 Å². The summed E-state index contributed by atoms with van der Waals surface area (Å²) in [5.41, 5.74) is 11.5. The molecule has 0 bridgehead atoms. The lowest BCUT2D eigenvalue weighted by atomic mass is 10.0. The maximum Gasteiger partial charge on any atom is 0.490 e. The number of anilines is 1. The number of nitrogens with zero attached hydrogens (tertiary/aromatic N) is 2. The highest BCUT2D eigenvalue weighted by Crippen LogP contribution is 2.50. The smallest absolute Gasteiger partial charge is 0.475 e. The van der Waals surface area contributed by atoms with Gasteiger partial charge >= 0.3 is 31.4 Å². The number of hydrogen-bond acceptors (Lipinski definition) is 12. The molecule has 1 unspecified atom stereocenters. The number of halogens is 3. The van der Waals surface area contributed by atoms with Crippen molar-refractivity contribution in [2.24, 2.45) is 11.7 Å². The number of nitrogen functional groups attached to an aromatic ring is 1. The molecule has 44 heavy (non-hydrogen) atoms. The van der Waals surface area contributed by atoms with Crippen molar-refractivity contribution in [1.29, 1.82) is 0 Å². The van der Waals surface area contributed by atoms with Crippen molar-refractivity contribution in [3.63, 3.8) is 0 Å². The molecule has 1 saturated heterocycles. The molecule has 1 fully saturated rings. The molecule has 2 aromatic rings. The maximum absolute atomic E-state index is 13.0. The number of nitrogens with two attached hydrogens (primary N) is 2. The molecule has 1 aromatic carbocycles. The lowest BCUT2D eigenvalue weighted by Crippen LogP contribution is -2.51. The van der Waals surface area contributed by atoms with Crippen LogP contribution in [0.3, 0.4) is 0 Å². The van der Waals surface area contributed by atoms with Crippen molar-refractivity contribution >= 4 is 31.3 Å². The number of carbonyl (C=O) groups is 3. The molecule has 1 aromatic heterocycles. The van der Waals surface area contributed by atoms with Gasteiger partial charge in [0.15, 0.2) is 6.35 Å². The predicted octanol–water partition coefficient (Wildman–Crippen LogP) is 1.29. The number of nitrogens with one attached hydrogen (secondary N) is 1. The van der Waals surface area contributed by atoms with Gasteiger partial charge in [0, 0.05) is 12.6 Å². The Kier molecular flexibility index (Phi) is 12.9. The zero-order valence-electron chi connectivity index (χ0n) is 23.9. The second-order valence-electron chi connectivity index (χ2n) is 9.71. The summed E-state index contributed by atoms with van der Waals surface area (Å²) in [4.78, 5) is 48.9. The molecule has 0 saturated carbocycles. The molecular weight excluding hydrogens is 618 g/mol. The minimum atomic E-state index is -5.08. The van der Waals surface area contributed by atoms with Crippen molar-refractivity contribution in [2.75, 3.05) is 25.8 Å². The number of ether oxygens (including phenoxy) is 2. The van der Waals surface area contributed by atoms with Crippen molar-refractivity contribution in [3.8, 4) is 5.75 Å². The summed E-state index contributed by atoms with van der Waals surface area (Å²) in [6.45, 7) is 3.72. The van der Waals surface area contributed by atoms with Crippen LogP contribution in [0, 0.1) is 5.92 Å². The van der Waals surface area contributed by atoms with E-state index in [1.54, 1.807) is 38.1 Å². The average Bonchev–Trinajstić information content (AvgIpc) is 2.95. The van der Waals surface area contributed by atoms with E-state index in [2.05, 4.69) is 10.3 Å². The molecule has 1 aliphatic heterocycles. The molecule has 3 rings (SSSR count). The Morgan fingerprint density at radius 1 is 1.23 bits per heavy atom. The standard InChI is InChI=1S/C23H32N5O8P.C2HF3O2/c1-14(2)20(25)21(29)26-18(22(30)33-3)10-15-4-6-16(7-5-15)36-37(32)13-34-17(12-35-37)11-28-9-8-19(24)27-23(28)31;3-2(4,5)1(6)7/h4-9,14,17-18,20H,10-13,25H2,1-3H3,(H,26,29)(H2,24,27,31);(H,6,7)/t17-,18-,20-,37?;/m0./s1. The average molecular weight is 652 g/mol. The normalized spacial score (nSPS) is 19.6. The number of carboxylic acids is 1. The highest BCUT2D eigenvalue weighted by atomic mass is 31.2. The van der Waals surface area contributed by atoms with E-state index in [9.17, 15) is 32.1 Å². The lowest BCUT2D eigenvalue weighted by molar-refractivity contribution is -0.192. The predicted molar refractivity (Wildman–Crippen MR) is 147 cm³/mol. The van der Waals surface area contributed by atoms with E-state index in [-0.39, 0.29) is 43.4 Å². The molecule has 0 aliphatic carbocycles. The first-order valence-electron chi connectivity index (χ1n) is 12.8. The van der Waals surface area contributed by atoms with Crippen molar-refractivity contribution in [3.05, 3.63) is 52.6 Å². The fraction of sp³-hybridized carbons (Fsp3) is 0.480. The number of hydrogen-bond donors (Lipinski definition) is 4. The quantitative estimate of drug-likeness (QED) is 0.210. The van der Waals surface area contributed by atoms with Crippen LogP contribution >= 0.6 is 7.60 Å². The molecule has 6 N–H and O–H groups in total. The summed E-state index contributed by atoms with van der Waals surface area (Å²) in [6, 6.07) is 6.27. The number of benzene rings is 1. The molecule has 244 valence electrons. The Hall–Kier alpha value is -3.99. The molecule has 19 heteroatoms. The zero-order chi connectivity index (χ0) is 33.2. The number of amides is 1. The van der Waals surface area contributed by atoms with Crippen LogP contribution in [0.4, 0.5) is 19.0 Å². The summed E-state index contributed by atoms with van der Waals surface area (Å²) in [5.74, 6) is -3.52. The number of esters is 1. The number of alkyl halides is 3. The van der Waals surface area contributed by atoms with Crippen LogP contribution in [0.2, 0.25) is 0 Å². The van der Waals surface area contributed by atoms with Gasteiger partial charge in [0.25, 0.3) is 0 Å². The van der Waals surface area contributed by atoms with Crippen LogP contribution < -0.4 is 27.0 Å². The van der Waals surface area contributed by atoms with Gasteiger partial charge in [-0.05, 0) is 29.7 Å². The number of carboxylic acid groups (broad SMARTS) is 1. The van der Waals surface area contributed by atoms with E-state index in [1.807, 2.05) is 0 Å². The number of aliphatic carboxylic acids is 1. The fourth-order valence-electron chi connectivity index (χ4n) is 3.43. The number of carbonyl (C=O) groups excluding carboxylic acids is 2. The van der Waals surface area contributed by atoms with Crippen LogP contribution in [0.5, 0.6) is 5.75 Å². The Bertz CT molecular complexity index is 1390. The fourth-order valence-corrected chi connectivity index (χ4v) is 4.84. The van der Waals surface area contributed by atoms with Gasteiger partial charge in [-0.1, -0.05) is 26.0 Å². The molecule has 0 radical (unpaired) electrons. The van der Waals surface area contributed by atoms with Gasteiger partial charge in [0.05, 0.1) is 26.3 Å². The third kappa shape index (κ3) is 11.3. The van der Waals surface area contributed by atoms with Crippen molar-refractivity contribution < 1.29 is 55.7 Å². The summed E-state index contributed by atoms with van der Waals surface area (Å²) < 4.78 is 67.5. The monoisotopic (exact) mass is 651 g/mol. The molecule has 2 heterocycles. The van der Waals surface area contributed by atoms with Gasteiger partial charge in [-0.15, -0.1) is 0 Å². The van der Waals surface area contributed by atoms with E-state index >= 15 is 0 Å². The van der Waals surface area contributed by atoms with E-state index in [4.69, 9.17) is 39.9 Å². The maximum atomic E-state index is 13.0. The Morgan fingerprint density at radius 2 is 1.84 bits per heavy atom. The topological polar surface area (TPSA) is 224 Å². The van der Waals surface area contributed by atoms with E-state index < -0.39 is 55.5 Å². The minimum Gasteiger partial charge on any atom is -0.475 e. The van der Waals surface area contributed by atoms with E-state index in [0.717, 1.165) is 0 Å². The summed E-state index contributed by atoms with van der Waals surface area (Å²) >= 11 is 0. The van der Waals surface area contributed by atoms with Crippen LogP contribution in [0.15, 0.2) is 41.3 Å². The second kappa shape index (κ2) is 15.7. The van der Waals surface area contributed by atoms with E-state index in [1.165, 1.54) is 23.9 Å². The third-order valence-corrected chi connectivity index (χ3v) is 7.39. The number of rotatable bonds is 10. The van der Waals surface area contributed by atoms with Crippen LogP contribution in [0.25, 0.3) is 0 Å². The van der Waals surface area contributed by atoms with Gasteiger partial charge in [0.2, 0.25) is 5.91 Å². The first-order valence-corrected chi connectivity index (χ1v) is 14.6.